The average molecular weight is 1190 g/mol. The second kappa shape index (κ2) is 54.3. The van der Waals surface area contributed by atoms with Crippen LogP contribution in [0.25, 0.3) is 0 Å². The summed E-state index contributed by atoms with van der Waals surface area (Å²) in [5, 5.41) is 87.1. The SMILES string of the molecule is CC/C=C\C/C=C\C/C=C\C/C=C\C/C=C\CCCCCCCCCCCCCCCCCCCCCCCC(=O)NC(COC1OC(CO)C(OC2OC(CO)C(O)C(O)C2O)C(O)C1O)C(O)/C=C/CC/C=C/CCCCCCCCC. The first-order valence-corrected chi connectivity index (χ1v) is 33.8. The van der Waals surface area contributed by atoms with E-state index in [1.54, 1.807) is 6.08 Å². The largest absolute Gasteiger partial charge is 0.394 e. The molecule has 0 spiro atoms. The van der Waals surface area contributed by atoms with Crippen LogP contribution >= 0.6 is 0 Å². The van der Waals surface area contributed by atoms with Gasteiger partial charge in [0.1, 0.15) is 48.8 Å². The fourth-order valence-electron chi connectivity index (χ4n) is 10.7. The highest BCUT2D eigenvalue weighted by Gasteiger charge is 2.51. The van der Waals surface area contributed by atoms with Crippen LogP contribution in [0.1, 0.15) is 258 Å². The maximum absolute atomic E-state index is 13.3. The average Bonchev–Trinajstić information content (AvgIpc) is 2.58. The molecule has 14 nitrogen and oxygen atoms in total. The van der Waals surface area contributed by atoms with Crippen molar-refractivity contribution in [1.29, 1.82) is 0 Å². The lowest BCUT2D eigenvalue weighted by molar-refractivity contribution is -0.359. The minimum Gasteiger partial charge on any atom is -0.394 e. The molecule has 486 valence electrons. The second-order valence-corrected chi connectivity index (χ2v) is 23.6. The number of aliphatic hydroxyl groups excluding tert-OH is 8. The van der Waals surface area contributed by atoms with Gasteiger partial charge in [0.2, 0.25) is 5.91 Å². The molecule has 2 saturated heterocycles. The topological polar surface area (TPSA) is 228 Å². The molecule has 84 heavy (non-hydrogen) atoms. The van der Waals surface area contributed by atoms with Gasteiger partial charge < -0.3 is 65.1 Å². The van der Waals surface area contributed by atoms with Crippen LogP contribution in [0.15, 0.2) is 85.1 Å². The van der Waals surface area contributed by atoms with Crippen molar-refractivity contribution in [2.45, 2.75) is 331 Å². The summed E-state index contributed by atoms with van der Waals surface area (Å²) in [6.07, 6.45) is 58.0. The monoisotopic (exact) mass is 1190 g/mol. The Hall–Kier alpha value is -2.83. The molecule has 2 aliphatic rings. The van der Waals surface area contributed by atoms with Crippen molar-refractivity contribution in [2.24, 2.45) is 0 Å². The number of allylic oxidation sites excluding steroid dienone is 13. The van der Waals surface area contributed by atoms with E-state index in [4.69, 9.17) is 18.9 Å². The van der Waals surface area contributed by atoms with Crippen molar-refractivity contribution >= 4 is 5.91 Å². The molecule has 1 amide bonds. The Labute approximate surface area is 510 Å². The predicted molar refractivity (Wildman–Crippen MR) is 341 cm³/mol. The smallest absolute Gasteiger partial charge is 0.220 e. The van der Waals surface area contributed by atoms with E-state index >= 15 is 0 Å². The van der Waals surface area contributed by atoms with Crippen LogP contribution in [0.2, 0.25) is 0 Å². The maximum atomic E-state index is 13.3. The predicted octanol–water partition coefficient (Wildman–Crippen LogP) is 13.2. The third kappa shape index (κ3) is 38.4. The van der Waals surface area contributed by atoms with Gasteiger partial charge in [0.15, 0.2) is 12.6 Å². The van der Waals surface area contributed by atoms with E-state index in [1.807, 2.05) is 6.08 Å². The Kier molecular flexibility index (Phi) is 50.0. The lowest BCUT2D eigenvalue weighted by Crippen LogP contribution is -2.65. The molecule has 0 bridgehead atoms. The highest BCUT2D eigenvalue weighted by atomic mass is 16.7. The van der Waals surface area contributed by atoms with Crippen molar-refractivity contribution in [3.63, 3.8) is 0 Å². The number of carbonyl (C=O) groups excluding carboxylic acids is 1. The van der Waals surface area contributed by atoms with E-state index in [9.17, 15) is 45.6 Å². The van der Waals surface area contributed by atoms with Gasteiger partial charge in [0.05, 0.1) is 32.0 Å². The van der Waals surface area contributed by atoms with Crippen molar-refractivity contribution < 1.29 is 64.6 Å². The molecular formula is C70H123NO13. The number of ether oxygens (including phenoxy) is 4. The highest BCUT2D eigenvalue weighted by Crippen LogP contribution is 2.30. The van der Waals surface area contributed by atoms with Gasteiger partial charge in [-0.05, 0) is 77.0 Å². The van der Waals surface area contributed by atoms with Gasteiger partial charge in [-0.15, -0.1) is 0 Å². The van der Waals surface area contributed by atoms with E-state index in [0.717, 1.165) is 64.2 Å². The molecule has 2 aliphatic heterocycles. The first-order chi connectivity index (χ1) is 41.1. The molecule has 14 heteroatoms. The molecule has 0 saturated carbocycles. The third-order valence-corrected chi connectivity index (χ3v) is 16.1. The third-order valence-electron chi connectivity index (χ3n) is 16.1. The van der Waals surface area contributed by atoms with Crippen molar-refractivity contribution in [2.75, 3.05) is 19.8 Å². The van der Waals surface area contributed by atoms with Gasteiger partial charge in [-0.25, -0.2) is 0 Å². The van der Waals surface area contributed by atoms with Crippen molar-refractivity contribution in [3.05, 3.63) is 85.1 Å². The van der Waals surface area contributed by atoms with Crippen LogP contribution in [0.4, 0.5) is 0 Å². The zero-order valence-corrected chi connectivity index (χ0v) is 52.6. The molecule has 2 fully saturated rings. The summed E-state index contributed by atoms with van der Waals surface area (Å²) >= 11 is 0. The van der Waals surface area contributed by atoms with Crippen LogP contribution in [-0.2, 0) is 23.7 Å². The Morgan fingerprint density at radius 2 is 0.833 bits per heavy atom. The minimum atomic E-state index is -1.79. The molecule has 2 heterocycles. The molecule has 0 aromatic heterocycles. The minimum absolute atomic E-state index is 0.249. The van der Waals surface area contributed by atoms with Gasteiger partial charge in [0.25, 0.3) is 0 Å². The molecule has 12 atom stereocenters. The summed E-state index contributed by atoms with van der Waals surface area (Å²) in [5.74, 6) is -0.249. The number of aliphatic hydroxyl groups is 8. The fraction of sp³-hybridized carbons (Fsp3) is 0.786. The molecule has 0 radical (unpaired) electrons. The molecule has 0 aromatic rings. The van der Waals surface area contributed by atoms with E-state index < -0.39 is 86.8 Å². The lowest BCUT2D eigenvalue weighted by Gasteiger charge is -2.46. The Balaban J connectivity index is 1.59. The normalized spacial score (nSPS) is 24.2. The summed E-state index contributed by atoms with van der Waals surface area (Å²) in [7, 11) is 0. The molecule has 0 aromatic carbocycles. The van der Waals surface area contributed by atoms with E-state index in [-0.39, 0.29) is 18.9 Å². The number of hydrogen-bond donors (Lipinski definition) is 9. The summed E-state index contributed by atoms with van der Waals surface area (Å²) in [6.45, 7) is 2.66. The number of carbonyl (C=O) groups is 1. The van der Waals surface area contributed by atoms with Crippen LogP contribution in [-0.4, -0.2) is 140 Å². The van der Waals surface area contributed by atoms with Crippen molar-refractivity contribution in [3.8, 4) is 0 Å². The van der Waals surface area contributed by atoms with Crippen LogP contribution < -0.4 is 5.32 Å². The van der Waals surface area contributed by atoms with E-state index in [1.165, 1.54) is 161 Å². The number of amides is 1. The molecule has 9 N–H and O–H groups in total. The first kappa shape index (κ1) is 77.3. The number of nitrogens with one attached hydrogen (secondary N) is 1. The lowest BCUT2D eigenvalue weighted by atomic mass is 9.97. The highest BCUT2D eigenvalue weighted by molar-refractivity contribution is 5.76. The molecule has 12 unspecified atom stereocenters. The Bertz CT molecular complexity index is 1730. The standard InChI is InChI=1S/C70H123NO13/c1-3-5-7-9-11-13-15-17-18-19-20-21-22-23-24-25-26-27-28-29-30-31-32-33-34-35-36-37-38-39-40-42-44-46-48-50-52-54-62(75)71-58(59(74)53-51-49-47-45-43-41-16-14-12-10-8-6-4-2)57-81-69-67(80)65(78)68(61(56-73)83-69)84-70-66(79)64(77)63(76)60(55-72)82-70/h5,7,11,13,17-18,20-21,23-24,43,45,51,53,58-61,63-70,72-74,76-80H,3-4,6,8-10,12,14-16,19,22,25-42,44,46-50,52,54-57H2,1-2H3,(H,71,75)/b7-5-,13-11-,18-17-,21-20-,24-23-,45-43+,53-51+. The summed E-state index contributed by atoms with van der Waals surface area (Å²) in [5.41, 5.74) is 0. The van der Waals surface area contributed by atoms with Crippen LogP contribution in [0, 0.1) is 0 Å². The Morgan fingerprint density at radius 3 is 1.31 bits per heavy atom. The van der Waals surface area contributed by atoms with E-state index in [0.29, 0.717) is 12.8 Å². The van der Waals surface area contributed by atoms with E-state index in [2.05, 4.69) is 92.1 Å². The van der Waals surface area contributed by atoms with Gasteiger partial charge in [0, 0.05) is 6.42 Å². The van der Waals surface area contributed by atoms with Gasteiger partial charge in [-0.1, -0.05) is 259 Å². The van der Waals surface area contributed by atoms with Gasteiger partial charge in [-0.3, -0.25) is 4.79 Å². The molecule has 2 rings (SSSR count). The fourth-order valence-corrected chi connectivity index (χ4v) is 10.7. The molecular weight excluding hydrogens is 1060 g/mol. The van der Waals surface area contributed by atoms with Gasteiger partial charge in [-0.2, -0.15) is 0 Å². The maximum Gasteiger partial charge on any atom is 0.220 e. The van der Waals surface area contributed by atoms with Crippen LogP contribution in [0.5, 0.6) is 0 Å². The quantitative estimate of drug-likeness (QED) is 0.0204. The zero-order valence-electron chi connectivity index (χ0n) is 52.6. The summed E-state index contributed by atoms with van der Waals surface area (Å²) in [6, 6.07) is -0.932. The first-order valence-electron chi connectivity index (χ1n) is 33.8. The number of rotatable bonds is 54. The zero-order chi connectivity index (χ0) is 60.9. The second-order valence-electron chi connectivity index (χ2n) is 23.6. The van der Waals surface area contributed by atoms with Crippen molar-refractivity contribution in [1.82, 2.24) is 5.32 Å². The summed E-state index contributed by atoms with van der Waals surface area (Å²) < 4.78 is 22.8. The van der Waals surface area contributed by atoms with Gasteiger partial charge >= 0.3 is 0 Å². The molecule has 0 aliphatic carbocycles. The van der Waals surface area contributed by atoms with Crippen LogP contribution in [0.3, 0.4) is 0 Å². The Morgan fingerprint density at radius 1 is 0.440 bits per heavy atom. The summed E-state index contributed by atoms with van der Waals surface area (Å²) in [4.78, 5) is 13.3. The number of hydrogen-bond acceptors (Lipinski definition) is 13. The number of unbranched alkanes of at least 4 members (excludes halogenated alkanes) is 29.